The number of carbonyl (C=O) groups excluding carboxylic acids is 2. The molecule has 0 N–H and O–H groups in total. The molecular weight excluding hydrogens is 729 g/mol. The lowest BCUT2D eigenvalue weighted by molar-refractivity contribution is 0.103. The summed E-state index contributed by atoms with van der Waals surface area (Å²) < 4.78 is 0. The van der Waals surface area contributed by atoms with Crippen molar-refractivity contribution in [2.45, 2.75) is 75.0 Å². The lowest BCUT2D eigenvalue weighted by atomic mass is 9.67. The number of fused-ring (bicyclic) bond motifs is 10. The van der Waals surface area contributed by atoms with Gasteiger partial charge in [-0.15, -0.1) is 22.7 Å². The van der Waals surface area contributed by atoms with E-state index in [0.29, 0.717) is 44.5 Å². The number of benzene rings is 2. The van der Waals surface area contributed by atoms with E-state index in [-0.39, 0.29) is 33.5 Å². The first kappa shape index (κ1) is 34.3. The number of rotatable bonds is 2. The summed E-state index contributed by atoms with van der Waals surface area (Å²) in [7, 11) is 0. The summed E-state index contributed by atoms with van der Waals surface area (Å²) in [5.74, 6) is -0.321. The van der Waals surface area contributed by atoms with E-state index < -0.39 is 0 Å². The van der Waals surface area contributed by atoms with E-state index in [4.69, 9.17) is 0 Å². The van der Waals surface area contributed by atoms with Crippen LogP contribution >= 0.6 is 22.7 Å². The Bertz CT molecular complexity index is 2620. The fraction of sp³-hybridized carbons (Fsp3) is 0.250. The molecule has 4 aromatic rings. The second-order valence-electron chi connectivity index (χ2n) is 15.6. The minimum atomic E-state index is -0.174. The molecule has 0 atom stereocenters. The topological polar surface area (TPSA) is 129 Å². The zero-order valence-corrected chi connectivity index (χ0v) is 32.1. The standard InChI is InChI=1S/C48H32N4O2S2/c49-23-27(24-50)39-31-11-3-5-13-33(31)43(53)35(39)19-29-21-37-45(55-29)42-41(47(37)15-7-1-8-16-47)46-38(48(42)17-9-2-10-18-48)22-30(56-46)20-36-40(28(25-51)26-52)32-12-4-6-14-34(32)44(36)54/h3-6,11-14,19-22H,1-2,7-10,15-18H2/b35-19-,36-20-. The van der Waals surface area contributed by atoms with Crippen LogP contribution in [-0.4, -0.2) is 11.6 Å². The maximum Gasteiger partial charge on any atom is 0.194 e. The minimum Gasteiger partial charge on any atom is -0.289 e. The molecule has 56 heavy (non-hydrogen) atoms. The second kappa shape index (κ2) is 12.7. The van der Waals surface area contributed by atoms with Crippen LogP contribution in [-0.2, 0) is 10.8 Å². The largest absolute Gasteiger partial charge is 0.289 e. The van der Waals surface area contributed by atoms with Gasteiger partial charge in [-0.3, -0.25) is 9.59 Å². The van der Waals surface area contributed by atoms with Crippen LogP contribution < -0.4 is 0 Å². The zero-order valence-electron chi connectivity index (χ0n) is 30.4. The van der Waals surface area contributed by atoms with E-state index in [1.165, 1.54) is 44.9 Å². The molecule has 268 valence electrons. The van der Waals surface area contributed by atoms with Gasteiger partial charge in [-0.1, -0.05) is 87.1 Å². The first-order chi connectivity index (χ1) is 27.4. The van der Waals surface area contributed by atoms with Gasteiger partial charge in [0.15, 0.2) is 11.6 Å². The molecule has 2 spiro atoms. The Hall–Kier alpha value is -6.16. The molecule has 2 saturated carbocycles. The number of nitrogens with zero attached hydrogens (tertiary/aromatic N) is 4. The number of carbonyl (C=O) groups is 2. The number of hydrogen-bond donors (Lipinski definition) is 0. The number of allylic oxidation sites excluding steroid dienone is 8. The van der Waals surface area contributed by atoms with Gasteiger partial charge >= 0.3 is 0 Å². The van der Waals surface area contributed by atoms with Crippen molar-refractivity contribution in [3.05, 3.63) is 136 Å². The van der Waals surface area contributed by atoms with E-state index in [1.54, 1.807) is 34.8 Å². The van der Waals surface area contributed by atoms with Gasteiger partial charge in [0, 0.05) is 63.8 Å². The van der Waals surface area contributed by atoms with Gasteiger partial charge in [-0.25, -0.2) is 0 Å². The SMILES string of the molecule is N#CC(C#N)=C1/C(=C/c2cc3c(s2)C2=C(c4sc(/C=C5\C(=O)c6ccccc6C5=C(C#N)C#N)cc4C24CCCCC4)C32CCCCC2)C(=O)c2ccccc21. The smallest absolute Gasteiger partial charge is 0.194 e. The molecule has 6 aliphatic rings. The van der Waals surface area contributed by atoms with Crippen LogP contribution in [0.3, 0.4) is 0 Å². The molecule has 0 saturated heterocycles. The molecule has 0 bridgehead atoms. The van der Waals surface area contributed by atoms with Gasteiger partial charge in [-0.05, 0) is 83.4 Å². The van der Waals surface area contributed by atoms with Crippen molar-refractivity contribution >= 4 is 68.7 Å². The highest BCUT2D eigenvalue weighted by Crippen LogP contribution is 2.71. The Morgan fingerprint density at radius 1 is 0.536 bits per heavy atom. The van der Waals surface area contributed by atoms with Crippen LogP contribution in [0.15, 0.2) is 83.0 Å². The molecule has 2 aromatic heterocycles. The number of hydrogen-bond acceptors (Lipinski definition) is 8. The Morgan fingerprint density at radius 2 is 0.893 bits per heavy atom. The Balaban J connectivity index is 1.16. The van der Waals surface area contributed by atoms with Crippen LogP contribution in [0.1, 0.15) is 127 Å². The van der Waals surface area contributed by atoms with Crippen molar-refractivity contribution in [2.24, 2.45) is 0 Å². The van der Waals surface area contributed by atoms with Crippen molar-refractivity contribution < 1.29 is 9.59 Å². The highest BCUT2D eigenvalue weighted by atomic mass is 32.1. The maximum absolute atomic E-state index is 13.9. The molecular formula is C48H32N4O2S2. The Morgan fingerprint density at radius 3 is 1.25 bits per heavy atom. The predicted molar refractivity (Wildman–Crippen MR) is 219 cm³/mol. The molecule has 0 aliphatic heterocycles. The maximum atomic E-state index is 13.9. The fourth-order valence-electron chi connectivity index (χ4n) is 10.8. The molecule has 0 amide bonds. The summed E-state index contributed by atoms with van der Waals surface area (Å²) in [6, 6.07) is 27.3. The zero-order chi connectivity index (χ0) is 38.3. The summed E-state index contributed by atoms with van der Waals surface area (Å²) >= 11 is 3.48. The van der Waals surface area contributed by atoms with Crippen molar-refractivity contribution in [3.8, 4) is 24.3 Å². The van der Waals surface area contributed by atoms with Crippen LogP contribution in [0, 0.1) is 45.3 Å². The molecule has 2 aromatic carbocycles. The summed E-state index contributed by atoms with van der Waals surface area (Å²) in [5.41, 5.74) is 9.09. The van der Waals surface area contributed by atoms with E-state index in [1.807, 2.05) is 72.8 Å². The first-order valence-corrected chi connectivity index (χ1v) is 20.9. The third-order valence-corrected chi connectivity index (χ3v) is 15.2. The second-order valence-corrected chi connectivity index (χ2v) is 17.8. The monoisotopic (exact) mass is 760 g/mol. The molecule has 6 nitrogen and oxygen atoms in total. The number of Topliss-reactive ketones (excluding diaryl/α,β-unsaturated/α-hetero) is 2. The predicted octanol–water partition coefficient (Wildman–Crippen LogP) is 11.3. The van der Waals surface area contributed by atoms with Gasteiger partial charge in [0.1, 0.15) is 35.4 Å². The number of ketones is 2. The lowest BCUT2D eigenvalue weighted by Crippen LogP contribution is -2.28. The van der Waals surface area contributed by atoms with Gasteiger partial charge in [-0.2, -0.15) is 21.0 Å². The number of thiophene rings is 2. The molecule has 6 aliphatic carbocycles. The number of nitriles is 4. The summed E-state index contributed by atoms with van der Waals surface area (Å²) in [4.78, 5) is 32.4. The van der Waals surface area contributed by atoms with Crippen LogP contribution in [0.4, 0.5) is 0 Å². The quantitative estimate of drug-likeness (QED) is 0.148. The van der Waals surface area contributed by atoms with E-state index in [9.17, 15) is 30.6 Å². The molecule has 0 radical (unpaired) electrons. The highest BCUT2D eigenvalue weighted by Gasteiger charge is 2.58. The molecule has 2 fully saturated rings. The third kappa shape index (κ3) is 4.55. The van der Waals surface area contributed by atoms with Crippen LogP contribution in [0.25, 0.3) is 34.4 Å². The molecule has 2 heterocycles. The molecule has 0 unspecified atom stereocenters. The summed E-state index contributed by atoms with van der Waals surface area (Å²) in [6.45, 7) is 0. The lowest BCUT2D eigenvalue weighted by Gasteiger charge is -2.37. The van der Waals surface area contributed by atoms with E-state index in [2.05, 4.69) is 12.1 Å². The van der Waals surface area contributed by atoms with Gasteiger partial charge < -0.3 is 0 Å². The molecule has 10 rings (SSSR count). The minimum absolute atomic E-state index is 0.0539. The van der Waals surface area contributed by atoms with Gasteiger partial charge in [0.2, 0.25) is 0 Å². The van der Waals surface area contributed by atoms with Crippen molar-refractivity contribution in [2.75, 3.05) is 0 Å². The Labute approximate surface area is 333 Å². The normalized spacial score (nSPS) is 20.7. The van der Waals surface area contributed by atoms with Crippen molar-refractivity contribution in [1.29, 1.82) is 21.0 Å². The highest BCUT2D eigenvalue weighted by molar-refractivity contribution is 7.16. The molecule has 8 heteroatoms. The average Bonchev–Trinajstić information content (AvgIpc) is 4.05. The van der Waals surface area contributed by atoms with E-state index >= 15 is 0 Å². The van der Waals surface area contributed by atoms with Crippen LogP contribution in [0.2, 0.25) is 0 Å². The van der Waals surface area contributed by atoms with Crippen molar-refractivity contribution in [3.63, 3.8) is 0 Å². The van der Waals surface area contributed by atoms with Crippen molar-refractivity contribution in [1.82, 2.24) is 0 Å². The van der Waals surface area contributed by atoms with E-state index in [0.717, 1.165) is 61.1 Å². The Kier molecular flexibility index (Phi) is 7.78. The summed E-state index contributed by atoms with van der Waals surface area (Å²) in [6.07, 6.45) is 14.8. The third-order valence-electron chi connectivity index (χ3n) is 13.0. The van der Waals surface area contributed by atoms with Gasteiger partial charge in [0.05, 0.1) is 0 Å². The first-order valence-electron chi connectivity index (χ1n) is 19.2. The average molecular weight is 761 g/mol. The summed E-state index contributed by atoms with van der Waals surface area (Å²) in [5, 5.41) is 39.8. The van der Waals surface area contributed by atoms with Gasteiger partial charge in [0.25, 0.3) is 0 Å². The van der Waals surface area contributed by atoms with Crippen LogP contribution in [0.5, 0.6) is 0 Å². The fourth-order valence-corrected chi connectivity index (χ4v) is 13.5.